The van der Waals surface area contributed by atoms with Crippen LogP contribution in [0.1, 0.15) is 28.3 Å². The van der Waals surface area contributed by atoms with Crippen molar-refractivity contribution in [2.45, 2.75) is 12.3 Å². The highest BCUT2D eigenvalue weighted by Crippen LogP contribution is 2.25. The summed E-state index contributed by atoms with van der Waals surface area (Å²) < 4.78 is 0. The van der Waals surface area contributed by atoms with E-state index in [2.05, 4.69) is 0 Å². The summed E-state index contributed by atoms with van der Waals surface area (Å²) in [5.41, 5.74) is 1.43. The van der Waals surface area contributed by atoms with E-state index >= 15 is 0 Å². The molecule has 2 nitrogen and oxygen atoms in total. The Bertz CT molecular complexity index is 561. The van der Waals surface area contributed by atoms with Crippen LogP contribution in [0.4, 0.5) is 0 Å². The normalized spacial score (nSPS) is 11.8. The van der Waals surface area contributed by atoms with Gasteiger partial charge >= 0.3 is 0 Å². The molecule has 0 N–H and O–H groups in total. The zero-order valence-electron chi connectivity index (χ0n) is 10.3. The minimum atomic E-state index is -0.447. The molecule has 2 aromatic rings. The van der Waals surface area contributed by atoms with Gasteiger partial charge in [-0.05, 0) is 17.7 Å². The standard InChI is InChI=1S/C16H13ClO2/c17-14-8-6-12(7-9-14)15(10-11-18)16(19)13-4-2-1-3-5-13/h1-9,11,15H,10H2/t15-/m0/s1. The number of rotatable bonds is 5. The molecule has 0 aliphatic rings. The van der Waals surface area contributed by atoms with Crippen LogP contribution in [0, 0.1) is 0 Å². The van der Waals surface area contributed by atoms with E-state index in [1.165, 1.54) is 0 Å². The van der Waals surface area contributed by atoms with E-state index in [0.717, 1.165) is 11.8 Å². The Hall–Kier alpha value is -1.93. The molecule has 0 amide bonds. The van der Waals surface area contributed by atoms with Gasteiger partial charge < -0.3 is 4.79 Å². The van der Waals surface area contributed by atoms with Crippen molar-refractivity contribution < 1.29 is 9.59 Å². The quantitative estimate of drug-likeness (QED) is 0.611. The summed E-state index contributed by atoms with van der Waals surface area (Å²) in [7, 11) is 0. The molecule has 0 radical (unpaired) electrons. The number of hydrogen-bond donors (Lipinski definition) is 0. The summed E-state index contributed by atoms with van der Waals surface area (Å²) in [5.74, 6) is -0.493. The Labute approximate surface area is 117 Å². The molecule has 2 rings (SSSR count). The minimum absolute atomic E-state index is 0.0463. The third kappa shape index (κ3) is 3.30. The number of aldehydes is 1. The number of carbonyl (C=O) groups excluding carboxylic acids is 2. The number of ketones is 1. The van der Waals surface area contributed by atoms with Crippen LogP contribution in [0.15, 0.2) is 54.6 Å². The van der Waals surface area contributed by atoms with Gasteiger partial charge in [-0.25, -0.2) is 0 Å². The maximum absolute atomic E-state index is 12.4. The second-order valence-electron chi connectivity index (χ2n) is 4.24. The number of carbonyl (C=O) groups is 2. The van der Waals surface area contributed by atoms with Gasteiger partial charge in [0.2, 0.25) is 0 Å². The zero-order chi connectivity index (χ0) is 13.7. The molecule has 0 aliphatic carbocycles. The largest absolute Gasteiger partial charge is 0.303 e. The fraction of sp³-hybridized carbons (Fsp3) is 0.125. The highest BCUT2D eigenvalue weighted by Gasteiger charge is 2.21. The highest BCUT2D eigenvalue weighted by molar-refractivity contribution is 6.30. The first kappa shape index (κ1) is 13.5. The van der Waals surface area contributed by atoms with E-state index in [1.807, 2.05) is 18.2 Å². The van der Waals surface area contributed by atoms with Crippen molar-refractivity contribution in [1.82, 2.24) is 0 Å². The molecular weight excluding hydrogens is 260 g/mol. The lowest BCUT2D eigenvalue weighted by atomic mass is 9.88. The van der Waals surface area contributed by atoms with Gasteiger partial charge in [0.05, 0.1) is 5.92 Å². The van der Waals surface area contributed by atoms with Crippen molar-refractivity contribution >= 4 is 23.7 Å². The SMILES string of the molecule is O=CC[C@H](C(=O)c1ccccc1)c1ccc(Cl)cc1. The van der Waals surface area contributed by atoms with E-state index in [4.69, 9.17) is 11.6 Å². The van der Waals surface area contributed by atoms with Crippen molar-refractivity contribution in [1.29, 1.82) is 0 Å². The van der Waals surface area contributed by atoms with Crippen LogP contribution in [0.2, 0.25) is 5.02 Å². The number of halogens is 1. The summed E-state index contributed by atoms with van der Waals surface area (Å²) in [6.07, 6.45) is 0.954. The number of benzene rings is 2. The molecule has 0 aliphatic heterocycles. The summed E-state index contributed by atoms with van der Waals surface area (Å²) in [4.78, 5) is 23.2. The van der Waals surface area contributed by atoms with Crippen LogP contribution in [-0.2, 0) is 4.79 Å². The van der Waals surface area contributed by atoms with E-state index in [-0.39, 0.29) is 12.2 Å². The molecule has 0 fully saturated rings. The first-order chi connectivity index (χ1) is 9.22. The second-order valence-corrected chi connectivity index (χ2v) is 4.67. The lowest BCUT2D eigenvalue weighted by Crippen LogP contribution is -2.13. The molecule has 2 aromatic carbocycles. The van der Waals surface area contributed by atoms with E-state index in [1.54, 1.807) is 36.4 Å². The number of hydrogen-bond acceptors (Lipinski definition) is 2. The highest BCUT2D eigenvalue weighted by atomic mass is 35.5. The molecule has 3 heteroatoms. The molecule has 0 unspecified atom stereocenters. The van der Waals surface area contributed by atoms with Crippen LogP contribution in [0.5, 0.6) is 0 Å². The van der Waals surface area contributed by atoms with Crippen molar-refractivity contribution in [2.75, 3.05) is 0 Å². The van der Waals surface area contributed by atoms with E-state index < -0.39 is 5.92 Å². The molecule has 0 aromatic heterocycles. The van der Waals surface area contributed by atoms with Gasteiger partial charge in [-0.3, -0.25) is 4.79 Å². The van der Waals surface area contributed by atoms with Crippen LogP contribution < -0.4 is 0 Å². The van der Waals surface area contributed by atoms with Gasteiger partial charge in [0.25, 0.3) is 0 Å². The second kappa shape index (κ2) is 6.30. The van der Waals surface area contributed by atoms with Gasteiger partial charge in [0.1, 0.15) is 6.29 Å². The maximum Gasteiger partial charge on any atom is 0.170 e. The predicted octanol–water partition coefficient (Wildman–Crippen LogP) is 3.90. The Morgan fingerprint density at radius 2 is 1.68 bits per heavy atom. The van der Waals surface area contributed by atoms with E-state index in [0.29, 0.717) is 10.6 Å². The Morgan fingerprint density at radius 3 is 2.26 bits per heavy atom. The molecule has 0 spiro atoms. The minimum Gasteiger partial charge on any atom is -0.303 e. The smallest absolute Gasteiger partial charge is 0.170 e. The summed E-state index contributed by atoms with van der Waals surface area (Å²) in [5, 5.41) is 0.612. The first-order valence-corrected chi connectivity index (χ1v) is 6.38. The Balaban J connectivity index is 2.32. The zero-order valence-corrected chi connectivity index (χ0v) is 11.0. The Kier molecular flexibility index (Phi) is 4.48. The van der Waals surface area contributed by atoms with E-state index in [9.17, 15) is 9.59 Å². The fourth-order valence-electron chi connectivity index (χ4n) is 1.99. The van der Waals surface area contributed by atoms with Gasteiger partial charge in [-0.1, -0.05) is 54.1 Å². The van der Waals surface area contributed by atoms with Crippen molar-refractivity contribution in [3.05, 3.63) is 70.7 Å². The third-order valence-corrected chi connectivity index (χ3v) is 3.23. The topological polar surface area (TPSA) is 34.1 Å². The first-order valence-electron chi connectivity index (χ1n) is 6.00. The molecule has 0 bridgehead atoms. The van der Waals surface area contributed by atoms with Crippen molar-refractivity contribution in [2.24, 2.45) is 0 Å². The van der Waals surface area contributed by atoms with Gasteiger partial charge in [0.15, 0.2) is 5.78 Å². The molecule has 1 atom stereocenters. The Morgan fingerprint density at radius 1 is 1.05 bits per heavy atom. The molecule has 0 saturated carbocycles. The number of Topliss-reactive ketones (excluding diaryl/α,β-unsaturated/α-hetero) is 1. The third-order valence-electron chi connectivity index (χ3n) is 2.98. The predicted molar refractivity (Wildman–Crippen MR) is 75.6 cm³/mol. The maximum atomic E-state index is 12.4. The molecular formula is C16H13ClO2. The monoisotopic (exact) mass is 272 g/mol. The van der Waals surface area contributed by atoms with Crippen LogP contribution in [0.3, 0.4) is 0 Å². The summed E-state index contributed by atoms with van der Waals surface area (Å²) in [6, 6.07) is 16.0. The lowest BCUT2D eigenvalue weighted by molar-refractivity contribution is -0.108. The molecule has 0 saturated heterocycles. The van der Waals surface area contributed by atoms with Gasteiger partial charge in [-0.2, -0.15) is 0 Å². The van der Waals surface area contributed by atoms with Gasteiger partial charge in [-0.15, -0.1) is 0 Å². The van der Waals surface area contributed by atoms with Crippen molar-refractivity contribution in [3.63, 3.8) is 0 Å². The van der Waals surface area contributed by atoms with Crippen LogP contribution >= 0.6 is 11.6 Å². The molecule has 96 valence electrons. The van der Waals surface area contributed by atoms with Crippen molar-refractivity contribution in [3.8, 4) is 0 Å². The van der Waals surface area contributed by atoms with Crippen LogP contribution in [0.25, 0.3) is 0 Å². The average molecular weight is 273 g/mol. The average Bonchev–Trinajstić information content (AvgIpc) is 2.46. The lowest BCUT2D eigenvalue weighted by Gasteiger charge is -2.13. The molecule has 19 heavy (non-hydrogen) atoms. The van der Waals surface area contributed by atoms with Gasteiger partial charge in [0, 0.05) is 17.0 Å². The fourth-order valence-corrected chi connectivity index (χ4v) is 2.12. The molecule has 0 heterocycles. The van der Waals surface area contributed by atoms with Crippen LogP contribution in [-0.4, -0.2) is 12.1 Å². The summed E-state index contributed by atoms with van der Waals surface area (Å²) in [6.45, 7) is 0. The summed E-state index contributed by atoms with van der Waals surface area (Å²) >= 11 is 5.84.